The van der Waals surface area contributed by atoms with Gasteiger partial charge in [-0.1, -0.05) is 17.3 Å². The van der Waals surface area contributed by atoms with Crippen LogP contribution in [0.15, 0.2) is 30.5 Å². The Morgan fingerprint density at radius 2 is 2.38 bits per heavy atom. The van der Waals surface area contributed by atoms with Crippen LogP contribution >= 0.6 is 0 Å². The number of carbonyl (C=O) groups is 1. The van der Waals surface area contributed by atoms with Crippen LogP contribution in [0.5, 0.6) is 0 Å². The van der Waals surface area contributed by atoms with E-state index in [0.717, 1.165) is 25.1 Å². The molecule has 24 heavy (non-hydrogen) atoms. The molecule has 2 heterocycles. The summed E-state index contributed by atoms with van der Waals surface area (Å²) in [5.41, 5.74) is 1.06. The van der Waals surface area contributed by atoms with Gasteiger partial charge in [0.05, 0.1) is 12.7 Å². The molecular formula is C17H22FN5O. The van der Waals surface area contributed by atoms with Crippen LogP contribution in [0.1, 0.15) is 35.3 Å². The average molecular weight is 331 g/mol. The summed E-state index contributed by atoms with van der Waals surface area (Å²) in [4.78, 5) is 12.1. The number of hydrogen-bond donors (Lipinski definition) is 2. The minimum absolute atomic E-state index is 0.218. The van der Waals surface area contributed by atoms with E-state index in [-0.39, 0.29) is 17.4 Å². The maximum Gasteiger partial charge on any atom is 0.273 e. The Morgan fingerprint density at radius 1 is 1.46 bits per heavy atom. The number of nitrogens with zero attached hydrogens (tertiary/aromatic N) is 3. The highest BCUT2D eigenvalue weighted by molar-refractivity contribution is 5.91. The van der Waals surface area contributed by atoms with Gasteiger partial charge in [0.25, 0.3) is 5.91 Å². The maximum absolute atomic E-state index is 13.2. The highest BCUT2D eigenvalue weighted by Crippen LogP contribution is 2.13. The fraction of sp³-hybridized carbons (Fsp3) is 0.471. The highest BCUT2D eigenvalue weighted by atomic mass is 19.1. The number of nitrogens with one attached hydrogen (secondary N) is 2. The first-order chi connectivity index (χ1) is 11.7. The lowest BCUT2D eigenvalue weighted by atomic mass is 9.96. The van der Waals surface area contributed by atoms with Crippen LogP contribution in [0.3, 0.4) is 0 Å². The minimum Gasteiger partial charge on any atom is -0.351 e. The molecule has 1 saturated heterocycles. The van der Waals surface area contributed by atoms with E-state index in [1.165, 1.54) is 29.7 Å². The smallest absolute Gasteiger partial charge is 0.273 e. The van der Waals surface area contributed by atoms with Crippen molar-refractivity contribution in [3.05, 3.63) is 47.5 Å². The van der Waals surface area contributed by atoms with E-state index in [4.69, 9.17) is 0 Å². The molecular weight excluding hydrogens is 309 g/mol. The first kappa shape index (κ1) is 16.6. The third-order valence-corrected chi connectivity index (χ3v) is 4.24. The number of carbonyl (C=O) groups excluding carboxylic acids is 1. The molecule has 0 aliphatic carbocycles. The molecule has 1 aliphatic heterocycles. The molecule has 0 spiro atoms. The van der Waals surface area contributed by atoms with Gasteiger partial charge >= 0.3 is 0 Å². The topological polar surface area (TPSA) is 71.8 Å². The first-order valence-electron chi connectivity index (χ1n) is 8.34. The second kappa shape index (κ2) is 8.01. The van der Waals surface area contributed by atoms with Gasteiger partial charge in [-0.2, -0.15) is 0 Å². The molecule has 6 nitrogen and oxygen atoms in total. The van der Waals surface area contributed by atoms with Crippen LogP contribution < -0.4 is 10.6 Å². The van der Waals surface area contributed by atoms with Gasteiger partial charge in [0.2, 0.25) is 0 Å². The number of aromatic nitrogens is 3. The molecule has 1 aliphatic rings. The summed E-state index contributed by atoms with van der Waals surface area (Å²) in [6, 6.07) is 6.29. The molecule has 1 unspecified atom stereocenters. The quantitative estimate of drug-likeness (QED) is 0.843. The Bertz CT molecular complexity index is 681. The lowest BCUT2D eigenvalue weighted by Crippen LogP contribution is -2.33. The van der Waals surface area contributed by atoms with Crippen molar-refractivity contribution in [2.75, 3.05) is 19.6 Å². The van der Waals surface area contributed by atoms with Crippen molar-refractivity contribution in [1.82, 2.24) is 25.6 Å². The summed E-state index contributed by atoms with van der Waals surface area (Å²) in [6.45, 7) is 3.14. The van der Waals surface area contributed by atoms with Gasteiger partial charge in [-0.25, -0.2) is 9.07 Å². The van der Waals surface area contributed by atoms with Crippen molar-refractivity contribution in [2.45, 2.75) is 25.8 Å². The molecule has 2 N–H and O–H groups in total. The van der Waals surface area contributed by atoms with E-state index >= 15 is 0 Å². The van der Waals surface area contributed by atoms with Gasteiger partial charge in [-0.15, -0.1) is 5.10 Å². The van der Waals surface area contributed by atoms with E-state index in [1.807, 2.05) is 6.07 Å². The van der Waals surface area contributed by atoms with Crippen LogP contribution in [0.4, 0.5) is 4.39 Å². The summed E-state index contributed by atoms with van der Waals surface area (Å²) in [5, 5.41) is 14.1. The van der Waals surface area contributed by atoms with Gasteiger partial charge in [0, 0.05) is 6.54 Å². The second-order valence-corrected chi connectivity index (χ2v) is 6.19. The number of rotatable bonds is 6. The molecule has 3 rings (SSSR count). The summed E-state index contributed by atoms with van der Waals surface area (Å²) in [6.07, 6.45) is 4.97. The molecule has 0 radical (unpaired) electrons. The Kier molecular flexibility index (Phi) is 5.53. The Labute approximate surface area is 140 Å². The molecule has 1 amide bonds. The van der Waals surface area contributed by atoms with Crippen LogP contribution in [-0.4, -0.2) is 40.5 Å². The van der Waals surface area contributed by atoms with E-state index in [1.54, 1.807) is 12.3 Å². The second-order valence-electron chi connectivity index (χ2n) is 6.19. The van der Waals surface area contributed by atoms with Crippen LogP contribution in [0, 0.1) is 11.7 Å². The number of amides is 1. The molecule has 7 heteroatoms. The molecule has 1 fully saturated rings. The predicted octanol–water partition coefficient (Wildman–Crippen LogP) is 1.58. The van der Waals surface area contributed by atoms with E-state index < -0.39 is 0 Å². The SMILES string of the molecule is O=C(NCCC1CCCNC1)c1cn(Cc2cccc(F)c2)nn1. The van der Waals surface area contributed by atoms with Crippen molar-refractivity contribution in [3.8, 4) is 0 Å². The maximum atomic E-state index is 13.2. The summed E-state index contributed by atoms with van der Waals surface area (Å²) < 4.78 is 14.7. The molecule has 1 aromatic carbocycles. The number of halogens is 1. The van der Waals surface area contributed by atoms with E-state index in [2.05, 4.69) is 20.9 Å². The Morgan fingerprint density at radius 3 is 3.17 bits per heavy atom. The Hall–Kier alpha value is -2.28. The molecule has 1 aromatic heterocycles. The lowest BCUT2D eigenvalue weighted by Gasteiger charge is -2.22. The summed E-state index contributed by atoms with van der Waals surface area (Å²) in [7, 11) is 0. The normalized spacial score (nSPS) is 17.6. The zero-order valence-electron chi connectivity index (χ0n) is 13.5. The molecule has 0 saturated carbocycles. The van der Waals surface area contributed by atoms with Crippen molar-refractivity contribution in [2.24, 2.45) is 5.92 Å². The van der Waals surface area contributed by atoms with Crippen LogP contribution in [-0.2, 0) is 6.54 Å². The van der Waals surface area contributed by atoms with Crippen molar-refractivity contribution in [3.63, 3.8) is 0 Å². The highest BCUT2D eigenvalue weighted by Gasteiger charge is 2.14. The largest absolute Gasteiger partial charge is 0.351 e. The standard InChI is InChI=1S/C17H22FN5O/c18-15-5-1-3-14(9-15)11-23-12-16(21-22-23)17(24)20-8-6-13-4-2-7-19-10-13/h1,3,5,9,12-13,19H,2,4,6-8,10-11H2,(H,20,24). The zero-order chi connectivity index (χ0) is 16.8. The molecule has 1 atom stereocenters. The van der Waals surface area contributed by atoms with E-state index in [9.17, 15) is 9.18 Å². The van der Waals surface area contributed by atoms with Crippen molar-refractivity contribution in [1.29, 1.82) is 0 Å². The average Bonchev–Trinajstić information content (AvgIpc) is 3.04. The number of piperidine rings is 1. The number of hydrogen-bond acceptors (Lipinski definition) is 4. The van der Waals surface area contributed by atoms with Gasteiger partial charge < -0.3 is 10.6 Å². The van der Waals surface area contributed by atoms with Crippen LogP contribution in [0.25, 0.3) is 0 Å². The van der Waals surface area contributed by atoms with Gasteiger partial charge in [0.1, 0.15) is 5.82 Å². The Balaban J connectivity index is 1.48. The first-order valence-corrected chi connectivity index (χ1v) is 8.34. The lowest BCUT2D eigenvalue weighted by molar-refractivity contribution is 0.0945. The van der Waals surface area contributed by atoms with E-state index in [0.29, 0.717) is 19.0 Å². The van der Waals surface area contributed by atoms with Crippen LogP contribution in [0.2, 0.25) is 0 Å². The number of benzene rings is 1. The monoisotopic (exact) mass is 331 g/mol. The third kappa shape index (κ3) is 4.61. The van der Waals surface area contributed by atoms with Crippen molar-refractivity contribution >= 4 is 5.91 Å². The summed E-state index contributed by atoms with van der Waals surface area (Å²) in [5.74, 6) is 0.120. The fourth-order valence-electron chi connectivity index (χ4n) is 2.95. The van der Waals surface area contributed by atoms with Gasteiger partial charge in [-0.05, 0) is 56.0 Å². The third-order valence-electron chi connectivity index (χ3n) is 4.24. The zero-order valence-corrected chi connectivity index (χ0v) is 13.5. The predicted molar refractivity (Wildman–Crippen MR) is 88.1 cm³/mol. The van der Waals surface area contributed by atoms with Gasteiger partial charge in [-0.3, -0.25) is 4.79 Å². The van der Waals surface area contributed by atoms with Crippen molar-refractivity contribution < 1.29 is 9.18 Å². The summed E-state index contributed by atoms with van der Waals surface area (Å²) >= 11 is 0. The molecule has 128 valence electrons. The van der Waals surface area contributed by atoms with Gasteiger partial charge in [0.15, 0.2) is 5.69 Å². The molecule has 2 aromatic rings. The molecule has 0 bridgehead atoms. The minimum atomic E-state index is -0.289. The fourth-order valence-corrected chi connectivity index (χ4v) is 2.95.